The molecular formula is C21H26F2O5. The normalized spacial score (nSPS) is 54.4. The van der Waals surface area contributed by atoms with Gasteiger partial charge in [-0.05, 0) is 55.3 Å². The fourth-order valence-corrected chi connectivity index (χ4v) is 7.65. The Labute approximate surface area is 162 Å². The molecule has 5 nitrogen and oxygen atoms in total. The maximum Gasteiger partial charge on any atom is 0.350 e. The second kappa shape index (κ2) is 5.35. The molecule has 28 heavy (non-hydrogen) atoms. The molecule has 5 rings (SSSR count). The van der Waals surface area contributed by atoms with Crippen LogP contribution >= 0.6 is 0 Å². The van der Waals surface area contributed by atoms with E-state index in [2.05, 4.69) is 12.2 Å². The highest BCUT2D eigenvalue weighted by Crippen LogP contribution is 2.72. The Hall–Kier alpha value is -1.50. The Bertz CT molecular complexity index is 781. The fourth-order valence-electron chi connectivity index (χ4n) is 7.65. The van der Waals surface area contributed by atoms with Gasteiger partial charge in [0.25, 0.3) is 5.79 Å². The van der Waals surface area contributed by atoms with Gasteiger partial charge in [0.15, 0.2) is 5.60 Å². The fraction of sp³-hybridized carbons (Fsp3) is 0.810. The average Bonchev–Trinajstić information content (AvgIpc) is 3.30. The molecule has 10 unspecified atom stereocenters. The van der Waals surface area contributed by atoms with Crippen molar-refractivity contribution in [1.82, 2.24) is 0 Å². The van der Waals surface area contributed by atoms with Gasteiger partial charge in [0, 0.05) is 26.7 Å². The maximum absolute atomic E-state index is 15.8. The van der Waals surface area contributed by atoms with E-state index in [9.17, 15) is 9.59 Å². The third kappa shape index (κ3) is 1.99. The average molecular weight is 396 g/mol. The van der Waals surface area contributed by atoms with Crippen LogP contribution in [-0.2, 0) is 23.8 Å². The van der Waals surface area contributed by atoms with E-state index in [-0.39, 0.29) is 11.8 Å². The number of alkyl halides is 2. The van der Waals surface area contributed by atoms with Gasteiger partial charge in [0.05, 0.1) is 6.10 Å². The van der Waals surface area contributed by atoms with Crippen LogP contribution in [0.3, 0.4) is 0 Å². The molecule has 4 bridgehead atoms. The van der Waals surface area contributed by atoms with Gasteiger partial charge in [-0.25, -0.2) is 0 Å². The highest BCUT2D eigenvalue weighted by Gasteiger charge is 2.81. The van der Waals surface area contributed by atoms with Crippen LogP contribution in [0.15, 0.2) is 12.2 Å². The molecule has 10 atom stereocenters. The molecule has 0 aromatic carbocycles. The molecule has 1 heterocycles. The number of ether oxygens (including phenoxy) is 3. The summed E-state index contributed by atoms with van der Waals surface area (Å²) in [6.07, 6.45) is 5.84. The molecule has 4 fully saturated rings. The van der Waals surface area contributed by atoms with E-state index in [1.165, 1.54) is 6.92 Å². The second-order valence-electron chi connectivity index (χ2n) is 9.59. The summed E-state index contributed by atoms with van der Waals surface area (Å²) in [4.78, 5) is 23.5. The topological polar surface area (TPSA) is 61.8 Å². The lowest BCUT2D eigenvalue weighted by Gasteiger charge is -2.58. The highest BCUT2D eigenvalue weighted by molar-refractivity contribution is 5.67. The van der Waals surface area contributed by atoms with Crippen molar-refractivity contribution in [3.8, 4) is 0 Å². The van der Waals surface area contributed by atoms with Gasteiger partial charge in [-0.15, -0.1) is 0 Å². The summed E-state index contributed by atoms with van der Waals surface area (Å²) >= 11 is 0. The van der Waals surface area contributed by atoms with Gasteiger partial charge in [-0.1, -0.05) is 12.2 Å². The Morgan fingerprint density at radius 3 is 2.11 bits per heavy atom. The first kappa shape index (κ1) is 18.5. The predicted octanol–water partition coefficient (Wildman–Crippen LogP) is 3.33. The number of fused-ring (bicyclic) bond motifs is 12. The largest absolute Gasteiger partial charge is 0.452 e. The van der Waals surface area contributed by atoms with Crippen LogP contribution in [0.25, 0.3) is 0 Å². The third-order valence-corrected chi connectivity index (χ3v) is 8.24. The number of allylic oxidation sites excluding steroid dienone is 2. The van der Waals surface area contributed by atoms with E-state index < -0.39 is 41.3 Å². The van der Waals surface area contributed by atoms with E-state index in [0.717, 1.165) is 33.6 Å². The molecule has 4 aliphatic carbocycles. The number of hydrogen-bond donors (Lipinski definition) is 0. The summed E-state index contributed by atoms with van der Waals surface area (Å²) in [6.45, 7) is 4.62. The summed E-state index contributed by atoms with van der Waals surface area (Å²) < 4.78 is 48.0. The van der Waals surface area contributed by atoms with Crippen molar-refractivity contribution in [2.45, 2.75) is 64.0 Å². The minimum absolute atomic E-state index is 0.0112. The molecule has 3 saturated carbocycles. The van der Waals surface area contributed by atoms with Crippen LogP contribution in [0.5, 0.6) is 0 Å². The smallest absolute Gasteiger partial charge is 0.350 e. The predicted molar refractivity (Wildman–Crippen MR) is 93.0 cm³/mol. The molecule has 0 spiro atoms. The van der Waals surface area contributed by atoms with Gasteiger partial charge < -0.3 is 14.2 Å². The zero-order valence-electron chi connectivity index (χ0n) is 16.5. The van der Waals surface area contributed by atoms with Crippen molar-refractivity contribution in [3.63, 3.8) is 0 Å². The van der Waals surface area contributed by atoms with Crippen molar-refractivity contribution >= 4 is 11.9 Å². The monoisotopic (exact) mass is 396 g/mol. The first-order valence-electron chi connectivity index (χ1n) is 10.1. The Kier molecular flexibility index (Phi) is 3.54. The van der Waals surface area contributed by atoms with Gasteiger partial charge >= 0.3 is 17.9 Å². The minimum atomic E-state index is -3.69. The molecule has 1 aliphatic heterocycles. The molecule has 154 valence electrons. The molecule has 0 radical (unpaired) electrons. The Morgan fingerprint density at radius 1 is 0.964 bits per heavy atom. The molecule has 7 heteroatoms. The van der Waals surface area contributed by atoms with Gasteiger partial charge in [-0.2, -0.15) is 8.78 Å². The van der Waals surface area contributed by atoms with Gasteiger partial charge in [0.1, 0.15) is 0 Å². The van der Waals surface area contributed by atoms with E-state index in [4.69, 9.17) is 14.2 Å². The lowest BCUT2D eigenvalue weighted by Crippen LogP contribution is -2.75. The molecular weight excluding hydrogens is 370 g/mol. The Morgan fingerprint density at radius 2 is 1.54 bits per heavy atom. The molecule has 1 saturated heterocycles. The van der Waals surface area contributed by atoms with Crippen LogP contribution in [0.4, 0.5) is 8.78 Å². The number of halogens is 2. The van der Waals surface area contributed by atoms with Crippen molar-refractivity contribution in [3.05, 3.63) is 12.2 Å². The lowest BCUT2D eigenvalue weighted by molar-refractivity contribution is -0.421. The van der Waals surface area contributed by atoms with E-state index in [1.54, 1.807) is 0 Å². The van der Waals surface area contributed by atoms with Crippen LogP contribution < -0.4 is 0 Å². The number of carbonyl (C=O) groups is 2. The van der Waals surface area contributed by atoms with E-state index >= 15 is 8.78 Å². The lowest BCUT2D eigenvalue weighted by atomic mass is 9.60. The summed E-state index contributed by atoms with van der Waals surface area (Å²) in [7, 11) is 0. The van der Waals surface area contributed by atoms with Gasteiger partial charge in [0.2, 0.25) is 0 Å². The SMILES string of the molecule is CC(=O)OC1(C)OC2C3CC(C4C5C=CC(C5)C34)C2C(C)(OC(C)=O)C1(F)F. The minimum Gasteiger partial charge on any atom is -0.452 e. The molecule has 0 amide bonds. The van der Waals surface area contributed by atoms with Crippen LogP contribution in [0, 0.1) is 41.4 Å². The van der Waals surface area contributed by atoms with Crippen molar-refractivity contribution in [2.24, 2.45) is 41.4 Å². The Balaban J connectivity index is 1.61. The second-order valence-corrected chi connectivity index (χ2v) is 9.59. The number of esters is 2. The van der Waals surface area contributed by atoms with Gasteiger partial charge in [-0.3, -0.25) is 9.59 Å². The van der Waals surface area contributed by atoms with Crippen molar-refractivity contribution < 1.29 is 32.6 Å². The van der Waals surface area contributed by atoms with Crippen LogP contribution in [0.2, 0.25) is 0 Å². The summed E-state index contributed by atoms with van der Waals surface area (Å²) in [5.41, 5.74) is -2.10. The zero-order valence-corrected chi connectivity index (χ0v) is 16.5. The summed E-state index contributed by atoms with van der Waals surface area (Å²) in [5, 5.41) is 0. The maximum atomic E-state index is 15.8. The number of hydrogen-bond acceptors (Lipinski definition) is 5. The van der Waals surface area contributed by atoms with E-state index in [0.29, 0.717) is 23.7 Å². The third-order valence-electron chi connectivity index (χ3n) is 8.24. The zero-order chi connectivity index (χ0) is 20.2. The number of carbonyl (C=O) groups excluding carboxylic acids is 2. The molecule has 0 aromatic heterocycles. The first-order chi connectivity index (χ1) is 13.0. The molecule has 0 N–H and O–H groups in total. The summed E-state index contributed by atoms with van der Waals surface area (Å²) in [6, 6.07) is 0. The van der Waals surface area contributed by atoms with Crippen molar-refractivity contribution in [2.75, 3.05) is 0 Å². The van der Waals surface area contributed by atoms with E-state index in [1.807, 2.05) is 0 Å². The molecule has 0 aromatic rings. The molecule has 5 aliphatic rings. The highest BCUT2D eigenvalue weighted by atomic mass is 19.3. The van der Waals surface area contributed by atoms with Crippen molar-refractivity contribution in [1.29, 1.82) is 0 Å². The van der Waals surface area contributed by atoms with Crippen LogP contribution in [0.1, 0.15) is 40.5 Å². The standard InChI is InChI=1S/C21H26F2O5/c1-9(24)26-19(3)17-13-8-14(16-12-6-5-11(7-12)15(13)16)18(17)28-20(4,21(19,22)23)27-10(2)25/h5-6,11-18H,7-8H2,1-4H3. The summed E-state index contributed by atoms with van der Waals surface area (Å²) in [5.74, 6) is -6.63. The number of rotatable bonds is 2. The first-order valence-corrected chi connectivity index (χ1v) is 10.1. The quantitative estimate of drug-likeness (QED) is 0.407. The van der Waals surface area contributed by atoms with Crippen LogP contribution in [-0.4, -0.2) is 35.4 Å².